The number of carboxylic acids is 1. The number of rotatable bonds is 3. The van der Waals surface area contributed by atoms with Gasteiger partial charge >= 0.3 is 5.97 Å². The summed E-state index contributed by atoms with van der Waals surface area (Å²) < 4.78 is 5.29. The lowest BCUT2D eigenvalue weighted by molar-refractivity contribution is -0.159. The third-order valence-corrected chi connectivity index (χ3v) is 4.41. The third-order valence-electron chi connectivity index (χ3n) is 4.41. The molecule has 0 aliphatic heterocycles. The zero-order valence-electron chi connectivity index (χ0n) is 9.95. The van der Waals surface area contributed by atoms with Gasteiger partial charge in [0.2, 0.25) is 0 Å². The zero-order valence-corrected chi connectivity index (χ0v) is 9.95. The Morgan fingerprint density at radius 2 is 2.06 bits per heavy atom. The predicted octanol–water partition coefficient (Wildman–Crippen LogP) is 1.48. The molecule has 2 aliphatic rings. The monoisotopic (exact) mass is 226 g/mol. The fourth-order valence-electron chi connectivity index (χ4n) is 2.98. The second-order valence-electron chi connectivity index (χ2n) is 5.78. The van der Waals surface area contributed by atoms with Crippen LogP contribution >= 0.6 is 0 Å². The van der Waals surface area contributed by atoms with Crippen LogP contribution in [0.2, 0.25) is 0 Å². The minimum absolute atomic E-state index is 0.0561. The molecule has 0 amide bonds. The van der Waals surface area contributed by atoms with E-state index < -0.39 is 11.6 Å². The van der Waals surface area contributed by atoms with E-state index >= 15 is 0 Å². The van der Waals surface area contributed by atoms with E-state index in [1.54, 1.807) is 6.92 Å². The van der Waals surface area contributed by atoms with Gasteiger partial charge in [0.05, 0.1) is 0 Å². The molecule has 0 aromatic heterocycles. The van der Waals surface area contributed by atoms with E-state index in [-0.39, 0.29) is 17.8 Å². The van der Waals surface area contributed by atoms with Crippen molar-refractivity contribution in [2.75, 3.05) is 6.61 Å². The van der Waals surface area contributed by atoms with Crippen molar-refractivity contribution >= 4 is 11.8 Å². The summed E-state index contributed by atoms with van der Waals surface area (Å²) in [7, 11) is 0. The van der Waals surface area contributed by atoms with Gasteiger partial charge in [-0.3, -0.25) is 4.79 Å². The highest BCUT2D eigenvalue weighted by atomic mass is 16.5. The summed E-state index contributed by atoms with van der Waals surface area (Å²) in [5, 5.41) is 8.59. The number of ether oxygens (including phenoxy) is 1. The predicted molar refractivity (Wildman–Crippen MR) is 57.0 cm³/mol. The van der Waals surface area contributed by atoms with Gasteiger partial charge < -0.3 is 9.84 Å². The SMILES string of the molecule is CC1(C)[C@@H]2CC(=O)[C@](C)(OCC(=O)O)C[C@@H]21. The van der Waals surface area contributed by atoms with Crippen molar-refractivity contribution in [3.63, 3.8) is 0 Å². The molecule has 0 spiro atoms. The quantitative estimate of drug-likeness (QED) is 0.791. The van der Waals surface area contributed by atoms with Crippen LogP contribution < -0.4 is 0 Å². The van der Waals surface area contributed by atoms with Gasteiger partial charge in [-0.05, 0) is 30.6 Å². The van der Waals surface area contributed by atoms with Crippen molar-refractivity contribution in [3.8, 4) is 0 Å². The van der Waals surface area contributed by atoms with Crippen LogP contribution in [0.1, 0.15) is 33.6 Å². The Bertz CT molecular complexity index is 347. The topological polar surface area (TPSA) is 63.6 Å². The van der Waals surface area contributed by atoms with Crippen molar-refractivity contribution in [1.29, 1.82) is 0 Å². The Labute approximate surface area is 95.0 Å². The Balaban J connectivity index is 2.05. The lowest BCUT2D eigenvalue weighted by Crippen LogP contribution is -2.43. The lowest BCUT2D eigenvalue weighted by Gasteiger charge is -2.31. The first kappa shape index (κ1) is 11.6. The maximum absolute atomic E-state index is 11.9. The second kappa shape index (κ2) is 3.29. The van der Waals surface area contributed by atoms with E-state index in [4.69, 9.17) is 9.84 Å². The highest BCUT2D eigenvalue weighted by Gasteiger charge is 2.64. The Hall–Kier alpha value is -0.900. The summed E-state index contributed by atoms with van der Waals surface area (Å²) in [4.78, 5) is 22.4. The number of aliphatic carboxylic acids is 1. The van der Waals surface area contributed by atoms with Crippen LogP contribution in [0, 0.1) is 17.3 Å². The summed E-state index contributed by atoms with van der Waals surface area (Å²) in [6, 6.07) is 0. The van der Waals surface area contributed by atoms with Crippen LogP contribution in [-0.4, -0.2) is 29.1 Å². The summed E-state index contributed by atoms with van der Waals surface area (Å²) >= 11 is 0. The van der Waals surface area contributed by atoms with Crippen LogP contribution in [0.25, 0.3) is 0 Å². The minimum atomic E-state index is -1.02. The third kappa shape index (κ3) is 1.65. The first-order valence-corrected chi connectivity index (χ1v) is 5.66. The number of carboxylic acid groups (broad SMARTS) is 1. The van der Waals surface area contributed by atoms with Crippen LogP contribution in [0.4, 0.5) is 0 Å². The minimum Gasteiger partial charge on any atom is -0.480 e. The highest BCUT2D eigenvalue weighted by molar-refractivity contribution is 5.89. The number of carbonyl (C=O) groups excluding carboxylic acids is 1. The standard InChI is InChI=1S/C12H18O4/c1-11(2)7-4-9(13)12(3,5-8(7)11)16-6-10(14)15/h7-8H,4-6H2,1-3H3,(H,14,15)/t7-,8+,12-/m1/s1. The molecule has 2 fully saturated rings. The van der Waals surface area contributed by atoms with Gasteiger partial charge in [-0.15, -0.1) is 0 Å². The zero-order chi connectivity index (χ0) is 12.1. The maximum atomic E-state index is 11.9. The van der Waals surface area contributed by atoms with Crippen LogP contribution in [0.5, 0.6) is 0 Å². The number of carbonyl (C=O) groups is 2. The lowest BCUT2D eigenvalue weighted by atomic mass is 9.85. The molecule has 0 bridgehead atoms. The largest absolute Gasteiger partial charge is 0.480 e. The van der Waals surface area contributed by atoms with E-state index in [1.807, 2.05) is 0 Å². The summed E-state index contributed by atoms with van der Waals surface area (Å²) in [5.74, 6) is 0.0114. The fourth-order valence-corrected chi connectivity index (χ4v) is 2.98. The first-order valence-electron chi connectivity index (χ1n) is 5.66. The summed E-state index contributed by atoms with van der Waals surface area (Å²) in [6.45, 7) is 5.67. The molecular weight excluding hydrogens is 208 g/mol. The number of hydrogen-bond donors (Lipinski definition) is 1. The molecule has 16 heavy (non-hydrogen) atoms. The maximum Gasteiger partial charge on any atom is 0.329 e. The number of fused-ring (bicyclic) bond motifs is 1. The molecule has 0 aromatic rings. The molecule has 0 radical (unpaired) electrons. The van der Waals surface area contributed by atoms with Crippen LogP contribution in [0.15, 0.2) is 0 Å². The summed E-state index contributed by atoms with van der Waals surface area (Å²) in [6.07, 6.45) is 1.20. The van der Waals surface area contributed by atoms with E-state index in [0.29, 0.717) is 24.7 Å². The number of hydrogen-bond acceptors (Lipinski definition) is 3. The Kier molecular flexibility index (Phi) is 2.38. The van der Waals surface area contributed by atoms with Gasteiger partial charge in [0.1, 0.15) is 12.2 Å². The van der Waals surface area contributed by atoms with Gasteiger partial charge in [0.25, 0.3) is 0 Å². The van der Waals surface area contributed by atoms with Gasteiger partial charge in [0, 0.05) is 6.42 Å². The molecule has 3 atom stereocenters. The van der Waals surface area contributed by atoms with Crippen LogP contribution in [0.3, 0.4) is 0 Å². The number of Topliss-reactive ketones (excluding diaryl/α,β-unsaturated/α-hetero) is 1. The molecule has 2 aliphatic carbocycles. The Morgan fingerprint density at radius 3 is 2.62 bits per heavy atom. The van der Waals surface area contributed by atoms with Crippen molar-refractivity contribution in [1.82, 2.24) is 0 Å². The van der Waals surface area contributed by atoms with E-state index in [1.165, 1.54) is 0 Å². The molecule has 2 rings (SSSR count). The normalized spacial score (nSPS) is 40.3. The van der Waals surface area contributed by atoms with E-state index in [9.17, 15) is 9.59 Å². The van der Waals surface area contributed by atoms with Crippen LogP contribution in [-0.2, 0) is 14.3 Å². The Morgan fingerprint density at radius 1 is 1.44 bits per heavy atom. The highest BCUT2D eigenvalue weighted by Crippen LogP contribution is 2.65. The van der Waals surface area contributed by atoms with Crippen molar-refractivity contribution in [2.45, 2.75) is 39.2 Å². The number of ketones is 1. The smallest absolute Gasteiger partial charge is 0.329 e. The molecule has 4 heteroatoms. The average molecular weight is 226 g/mol. The molecule has 4 nitrogen and oxygen atoms in total. The molecule has 0 unspecified atom stereocenters. The molecular formula is C12H18O4. The van der Waals surface area contributed by atoms with Crippen molar-refractivity contribution in [3.05, 3.63) is 0 Å². The first-order chi connectivity index (χ1) is 7.27. The molecule has 2 saturated carbocycles. The van der Waals surface area contributed by atoms with Crippen molar-refractivity contribution in [2.24, 2.45) is 17.3 Å². The molecule has 0 heterocycles. The van der Waals surface area contributed by atoms with E-state index in [0.717, 1.165) is 0 Å². The van der Waals surface area contributed by atoms with Gasteiger partial charge in [-0.2, -0.15) is 0 Å². The van der Waals surface area contributed by atoms with E-state index in [2.05, 4.69) is 13.8 Å². The van der Waals surface area contributed by atoms with Gasteiger partial charge in [-0.1, -0.05) is 13.8 Å². The second-order valence-corrected chi connectivity index (χ2v) is 5.78. The van der Waals surface area contributed by atoms with Gasteiger partial charge in [0.15, 0.2) is 5.78 Å². The van der Waals surface area contributed by atoms with Gasteiger partial charge in [-0.25, -0.2) is 4.79 Å². The molecule has 0 saturated heterocycles. The molecule has 1 N–H and O–H groups in total. The fraction of sp³-hybridized carbons (Fsp3) is 0.833. The molecule has 0 aromatic carbocycles. The van der Waals surface area contributed by atoms with Crippen molar-refractivity contribution < 1.29 is 19.4 Å². The molecule has 90 valence electrons. The average Bonchev–Trinajstić information content (AvgIpc) is 2.66. The summed E-state index contributed by atoms with van der Waals surface area (Å²) in [5.41, 5.74) is -0.659.